The summed E-state index contributed by atoms with van der Waals surface area (Å²) in [5, 5.41) is 3.79. The number of nitrogens with zero attached hydrogens (tertiary/aromatic N) is 1. The lowest BCUT2D eigenvalue weighted by atomic mass is 10.0. The molecule has 2 amide bonds. The van der Waals surface area contributed by atoms with Gasteiger partial charge in [-0.15, -0.1) is 11.8 Å². The van der Waals surface area contributed by atoms with Gasteiger partial charge in [0.2, 0.25) is 11.8 Å². The third-order valence-electron chi connectivity index (χ3n) is 5.98. The molecule has 196 valence electrons. The first-order valence-electron chi connectivity index (χ1n) is 12.7. The van der Waals surface area contributed by atoms with Crippen LogP contribution < -0.4 is 5.32 Å². The van der Waals surface area contributed by atoms with Crippen molar-refractivity contribution in [3.05, 3.63) is 99.5 Å². The molecule has 0 unspecified atom stereocenters. The van der Waals surface area contributed by atoms with E-state index < -0.39 is 6.04 Å². The maximum Gasteiger partial charge on any atom is 0.243 e. The van der Waals surface area contributed by atoms with Crippen LogP contribution in [0.15, 0.2) is 88.2 Å². The van der Waals surface area contributed by atoms with Crippen molar-refractivity contribution in [1.82, 2.24) is 10.2 Å². The van der Waals surface area contributed by atoms with Crippen LogP contribution in [-0.4, -0.2) is 35.1 Å². The van der Waals surface area contributed by atoms with Crippen LogP contribution in [0.2, 0.25) is 5.02 Å². The molecule has 3 aromatic rings. The van der Waals surface area contributed by atoms with Gasteiger partial charge in [-0.3, -0.25) is 9.59 Å². The predicted octanol–water partition coefficient (Wildman–Crippen LogP) is 7.53. The largest absolute Gasteiger partial charge is 0.354 e. The standard InChI is InChI=1S/C30H34BrClN2O2S/c1-2-3-19-33-30(36)28(21-23-8-5-4-6-9-23)34(22-24-11-13-25(31)14-12-24)29(35)10-7-20-37-27-17-15-26(32)16-18-27/h4-6,8-9,11-18,28H,2-3,7,10,19-22H2,1H3,(H,33,36)/t28-/m1/s1. The Hall–Kier alpha value is -2.28. The van der Waals surface area contributed by atoms with E-state index in [1.807, 2.05) is 78.9 Å². The molecule has 0 aliphatic rings. The molecule has 0 saturated carbocycles. The summed E-state index contributed by atoms with van der Waals surface area (Å²) in [7, 11) is 0. The van der Waals surface area contributed by atoms with Crippen LogP contribution in [0.4, 0.5) is 0 Å². The van der Waals surface area contributed by atoms with Gasteiger partial charge in [0.1, 0.15) is 6.04 Å². The summed E-state index contributed by atoms with van der Waals surface area (Å²) in [6.07, 6.45) is 3.48. The van der Waals surface area contributed by atoms with E-state index in [4.69, 9.17) is 11.6 Å². The number of hydrogen-bond acceptors (Lipinski definition) is 3. The maximum absolute atomic E-state index is 13.6. The minimum atomic E-state index is -0.584. The number of amides is 2. The number of carbonyl (C=O) groups is 2. The number of unbranched alkanes of at least 4 members (excludes halogenated alkanes) is 1. The van der Waals surface area contributed by atoms with Gasteiger partial charge in [-0.1, -0.05) is 83.3 Å². The van der Waals surface area contributed by atoms with Crippen molar-refractivity contribution >= 4 is 51.1 Å². The van der Waals surface area contributed by atoms with Gasteiger partial charge in [0, 0.05) is 40.3 Å². The zero-order valence-corrected chi connectivity index (χ0v) is 24.3. The van der Waals surface area contributed by atoms with Gasteiger partial charge in [0.05, 0.1) is 0 Å². The molecule has 7 heteroatoms. The predicted molar refractivity (Wildman–Crippen MR) is 158 cm³/mol. The Kier molecular flexibility index (Phi) is 12.5. The Bertz CT molecular complexity index is 1110. The molecule has 1 atom stereocenters. The minimum Gasteiger partial charge on any atom is -0.354 e. The molecule has 0 fully saturated rings. The number of rotatable bonds is 14. The van der Waals surface area contributed by atoms with Crippen LogP contribution in [0.1, 0.15) is 43.7 Å². The van der Waals surface area contributed by atoms with E-state index in [0.717, 1.165) is 45.5 Å². The summed E-state index contributed by atoms with van der Waals surface area (Å²) in [6.45, 7) is 3.09. The van der Waals surface area contributed by atoms with Crippen molar-refractivity contribution in [1.29, 1.82) is 0 Å². The summed E-state index contributed by atoms with van der Waals surface area (Å²) in [4.78, 5) is 30.0. The highest BCUT2D eigenvalue weighted by atomic mass is 79.9. The number of carbonyl (C=O) groups excluding carboxylic acids is 2. The third-order valence-corrected chi connectivity index (χ3v) is 7.86. The quantitative estimate of drug-likeness (QED) is 0.153. The average Bonchev–Trinajstić information content (AvgIpc) is 2.91. The van der Waals surface area contributed by atoms with Gasteiger partial charge < -0.3 is 10.2 Å². The Morgan fingerprint density at radius 2 is 1.65 bits per heavy atom. The molecular formula is C30H34BrClN2O2S. The Labute approximate surface area is 238 Å². The van der Waals surface area contributed by atoms with Gasteiger partial charge in [0.15, 0.2) is 0 Å². The minimum absolute atomic E-state index is 0.00815. The summed E-state index contributed by atoms with van der Waals surface area (Å²) >= 11 is 11.2. The van der Waals surface area contributed by atoms with E-state index in [1.165, 1.54) is 0 Å². The zero-order valence-electron chi connectivity index (χ0n) is 21.2. The fraction of sp³-hybridized carbons (Fsp3) is 0.333. The van der Waals surface area contributed by atoms with Gasteiger partial charge in [-0.2, -0.15) is 0 Å². The first-order valence-corrected chi connectivity index (χ1v) is 14.9. The molecule has 0 aliphatic heterocycles. The Morgan fingerprint density at radius 1 is 0.946 bits per heavy atom. The van der Waals surface area contributed by atoms with Gasteiger partial charge in [-0.25, -0.2) is 0 Å². The Balaban J connectivity index is 1.76. The molecule has 0 saturated heterocycles. The van der Waals surface area contributed by atoms with Crippen molar-refractivity contribution in [2.75, 3.05) is 12.3 Å². The summed E-state index contributed by atoms with van der Waals surface area (Å²) in [6, 6.07) is 25.0. The second-order valence-corrected chi connectivity index (χ2v) is 11.4. The van der Waals surface area contributed by atoms with Crippen molar-refractivity contribution in [2.45, 2.75) is 56.5 Å². The number of thioether (sulfide) groups is 1. The van der Waals surface area contributed by atoms with Crippen LogP contribution in [0.3, 0.4) is 0 Å². The second kappa shape index (κ2) is 15.9. The lowest BCUT2D eigenvalue weighted by Gasteiger charge is -2.31. The van der Waals surface area contributed by atoms with Gasteiger partial charge >= 0.3 is 0 Å². The molecule has 4 nitrogen and oxygen atoms in total. The first-order chi connectivity index (χ1) is 18.0. The summed E-state index contributed by atoms with van der Waals surface area (Å²) in [5.74, 6) is 0.704. The van der Waals surface area contributed by atoms with E-state index >= 15 is 0 Å². The Morgan fingerprint density at radius 3 is 2.32 bits per heavy atom. The molecule has 0 aromatic heterocycles. The highest BCUT2D eigenvalue weighted by Gasteiger charge is 2.30. The van der Waals surface area contributed by atoms with Crippen LogP contribution in [0, 0.1) is 0 Å². The van der Waals surface area contributed by atoms with E-state index in [9.17, 15) is 9.59 Å². The van der Waals surface area contributed by atoms with Crippen molar-refractivity contribution < 1.29 is 9.59 Å². The first kappa shape index (κ1) is 29.3. The molecule has 37 heavy (non-hydrogen) atoms. The molecule has 0 spiro atoms. The average molecular weight is 602 g/mol. The highest BCUT2D eigenvalue weighted by molar-refractivity contribution is 9.10. The highest BCUT2D eigenvalue weighted by Crippen LogP contribution is 2.23. The molecule has 3 aromatic carbocycles. The van der Waals surface area contributed by atoms with Crippen LogP contribution >= 0.6 is 39.3 Å². The van der Waals surface area contributed by atoms with Gasteiger partial charge in [0.25, 0.3) is 0 Å². The molecule has 0 radical (unpaired) electrons. The topological polar surface area (TPSA) is 49.4 Å². The molecule has 0 bridgehead atoms. The van der Waals surface area contributed by atoms with E-state index in [-0.39, 0.29) is 11.8 Å². The van der Waals surface area contributed by atoms with Crippen molar-refractivity contribution in [2.24, 2.45) is 0 Å². The van der Waals surface area contributed by atoms with Crippen LogP contribution in [0.5, 0.6) is 0 Å². The number of halogens is 2. The summed E-state index contributed by atoms with van der Waals surface area (Å²) in [5.41, 5.74) is 2.02. The van der Waals surface area contributed by atoms with Crippen LogP contribution in [0.25, 0.3) is 0 Å². The lowest BCUT2D eigenvalue weighted by molar-refractivity contribution is -0.141. The molecule has 3 rings (SSSR count). The SMILES string of the molecule is CCCCNC(=O)[C@@H](Cc1ccccc1)N(Cc1ccc(Br)cc1)C(=O)CCCSc1ccc(Cl)cc1. The second-order valence-electron chi connectivity index (χ2n) is 8.90. The lowest BCUT2D eigenvalue weighted by Crippen LogP contribution is -2.50. The van der Waals surface area contributed by atoms with E-state index in [1.54, 1.807) is 16.7 Å². The van der Waals surface area contributed by atoms with E-state index in [2.05, 4.69) is 28.2 Å². The maximum atomic E-state index is 13.6. The fourth-order valence-corrected chi connectivity index (χ4v) is 5.18. The number of hydrogen-bond donors (Lipinski definition) is 1. The van der Waals surface area contributed by atoms with Gasteiger partial charge in [-0.05, 0) is 66.1 Å². The third kappa shape index (κ3) is 10.2. The molecule has 1 N–H and O–H groups in total. The number of nitrogens with one attached hydrogen (secondary N) is 1. The zero-order chi connectivity index (χ0) is 26.5. The van der Waals surface area contributed by atoms with Crippen molar-refractivity contribution in [3.8, 4) is 0 Å². The molecular weight excluding hydrogens is 568 g/mol. The smallest absolute Gasteiger partial charge is 0.243 e. The van der Waals surface area contributed by atoms with Crippen molar-refractivity contribution in [3.63, 3.8) is 0 Å². The summed E-state index contributed by atoms with van der Waals surface area (Å²) < 4.78 is 0.978. The monoisotopic (exact) mass is 600 g/mol. The molecule has 0 aliphatic carbocycles. The normalized spacial score (nSPS) is 11.6. The fourth-order valence-electron chi connectivity index (χ4n) is 3.93. The molecule has 0 heterocycles. The van der Waals surface area contributed by atoms with Crippen LogP contribution in [-0.2, 0) is 22.6 Å². The number of benzene rings is 3. The van der Waals surface area contributed by atoms with E-state index in [0.29, 0.717) is 31.0 Å².